The zero-order chi connectivity index (χ0) is 37.0. The summed E-state index contributed by atoms with van der Waals surface area (Å²) in [4.78, 5) is 13.6. The molecule has 2 aromatic carbocycles. The number of carbonyl (C=O) groups excluding carboxylic acids is 1. The summed E-state index contributed by atoms with van der Waals surface area (Å²) >= 11 is 0. The first-order valence-corrected chi connectivity index (χ1v) is 16.7. The second-order valence-corrected chi connectivity index (χ2v) is 13.2. The van der Waals surface area contributed by atoms with E-state index in [0.29, 0.717) is 45.4 Å². The lowest BCUT2D eigenvalue weighted by Gasteiger charge is -2.45. The molecule has 7 rings (SSSR count). The van der Waals surface area contributed by atoms with E-state index in [9.17, 15) is 40.5 Å². The fraction of sp³-hybridized carbons (Fsp3) is 0.618. The molecule has 0 radical (unpaired) electrons. The number of ether oxygens (including phenoxy) is 10. The molecule has 1 aliphatic carbocycles. The molecule has 14 atom stereocenters. The zero-order valence-corrected chi connectivity index (χ0v) is 28.3. The highest BCUT2D eigenvalue weighted by atomic mass is 16.7. The molecular weight excluding hydrogens is 696 g/mol. The van der Waals surface area contributed by atoms with Gasteiger partial charge in [-0.25, -0.2) is 0 Å². The second-order valence-electron chi connectivity index (χ2n) is 13.2. The normalized spacial score (nSPS) is 37.9. The van der Waals surface area contributed by atoms with Crippen LogP contribution in [0.2, 0.25) is 0 Å². The van der Waals surface area contributed by atoms with Gasteiger partial charge in [0.2, 0.25) is 12.5 Å². The summed E-state index contributed by atoms with van der Waals surface area (Å²) in [5.41, 5.74) is 1.80. The largest absolute Gasteiger partial charge is 0.493 e. The predicted molar refractivity (Wildman–Crippen MR) is 169 cm³/mol. The van der Waals surface area contributed by atoms with Crippen molar-refractivity contribution in [3.05, 3.63) is 41.0 Å². The number of aliphatic hydroxyl groups excluding tert-OH is 7. The molecule has 0 spiro atoms. The molecule has 4 heterocycles. The van der Waals surface area contributed by atoms with E-state index < -0.39 is 104 Å². The minimum atomic E-state index is -1.80. The maximum Gasteiger partial charge on any atom is 0.310 e. The standard InChI is InChI=1S/C34H42O18/c1-43-18-4-12(5-19(44-2)31(18)45-3)22-13-6-16-17(49-11-48-16)7-14(13)30(15-9-46-32(42)23(15)22)52-34-29(41)27(39)25(37)21(51-34)10-47-33-28(40)26(38)24(36)20(8-35)50-33/h4-7,15,20-30,33-41H,8-11H2,1-3H3/t15-,20-,21-,22-,23+,24-,25-,26+,27+,28-,29-,30-,33-,34+/m1/s1. The number of esters is 1. The highest BCUT2D eigenvalue weighted by Gasteiger charge is 2.55. The van der Waals surface area contributed by atoms with E-state index in [4.69, 9.17) is 47.4 Å². The number of aliphatic hydroxyl groups is 7. The van der Waals surface area contributed by atoms with Crippen molar-refractivity contribution in [3.8, 4) is 28.7 Å². The van der Waals surface area contributed by atoms with E-state index in [0.717, 1.165) is 0 Å². The highest BCUT2D eigenvalue weighted by Crippen LogP contribution is 2.57. The quantitative estimate of drug-likeness (QED) is 0.131. The van der Waals surface area contributed by atoms with Crippen LogP contribution in [0.5, 0.6) is 28.7 Å². The Hall–Kier alpha value is -3.53. The molecule has 7 N–H and O–H groups in total. The van der Waals surface area contributed by atoms with Crippen LogP contribution in [0.4, 0.5) is 0 Å². The van der Waals surface area contributed by atoms with Crippen molar-refractivity contribution in [3.63, 3.8) is 0 Å². The van der Waals surface area contributed by atoms with Crippen LogP contribution in [-0.2, 0) is 28.5 Å². The summed E-state index contributed by atoms with van der Waals surface area (Å²) < 4.78 is 57.1. The number of hydrogen-bond donors (Lipinski definition) is 7. The van der Waals surface area contributed by atoms with Crippen molar-refractivity contribution < 1.29 is 87.9 Å². The lowest BCUT2D eigenvalue weighted by molar-refractivity contribution is -0.339. The van der Waals surface area contributed by atoms with Crippen molar-refractivity contribution in [2.45, 2.75) is 73.4 Å². The monoisotopic (exact) mass is 738 g/mol. The minimum absolute atomic E-state index is 0.0435. The fourth-order valence-corrected chi connectivity index (χ4v) is 7.67. The summed E-state index contributed by atoms with van der Waals surface area (Å²) in [7, 11) is 4.44. The highest BCUT2D eigenvalue weighted by molar-refractivity contribution is 5.79. The van der Waals surface area contributed by atoms with E-state index >= 15 is 0 Å². The first-order chi connectivity index (χ1) is 25.0. The van der Waals surface area contributed by atoms with E-state index in [1.54, 1.807) is 24.3 Å². The number of hydrogen-bond acceptors (Lipinski definition) is 18. The minimum Gasteiger partial charge on any atom is -0.493 e. The summed E-state index contributed by atoms with van der Waals surface area (Å²) in [6, 6.07) is 6.95. The average Bonchev–Trinajstić information content (AvgIpc) is 3.78. The Morgan fingerprint density at radius 3 is 1.92 bits per heavy atom. The van der Waals surface area contributed by atoms with Crippen molar-refractivity contribution in [2.75, 3.05) is 47.9 Å². The lowest BCUT2D eigenvalue weighted by Crippen LogP contribution is -2.62. The van der Waals surface area contributed by atoms with E-state index in [1.165, 1.54) is 21.3 Å². The zero-order valence-electron chi connectivity index (χ0n) is 28.3. The number of benzene rings is 2. The molecule has 2 aromatic rings. The topological polar surface area (TPSA) is 251 Å². The predicted octanol–water partition coefficient (Wildman–Crippen LogP) is -1.94. The third-order valence-corrected chi connectivity index (χ3v) is 10.4. The Labute approximate surface area is 296 Å². The van der Waals surface area contributed by atoms with Gasteiger partial charge in [0.05, 0.1) is 53.2 Å². The molecule has 0 amide bonds. The Morgan fingerprint density at radius 2 is 1.31 bits per heavy atom. The van der Waals surface area contributed by atoms with Gasteiger partial charge in [0.1, 0.15) is 48.8 Å². The molecule has 0 aromatic heterocycles. The molecule has 3 saturated heterocycles. The molecular formula is C34H42O18. The van der Waals surface area contributed by atoms with Crippen LogP contribution in [0, 0.1) is 11.8 Å². The van der Waals surface area contributed by atoms with Gasteiger partial charge >= 0.3 is 5.97 Å². The van der Waals surface area contributed by atoms with E-state index in [2.05, 4.69) is 0 Å². The maximum atomic E-state index is 13.6. The number of cyclic esters (lactones) is 1. The van der Waals surface area contributed by atoms with Crippen LogP contribution in [0.25, 0.3) is 0 Å². The van der Waals surface area contributed by atoms with Crippen LogP contribution in [-0.4, -0.2) is 151 Å². The number of fused-ring (bicyclic) bond motifs is 3. The summed E-state index contributed by atoms with van der Waals surface area (Å²) in [5, 5.41) is 73.0. The first kappa shape index (κ1) is 36.8. The van der Waals surface area contributed by atoms with E-state index in [1.807, 2.05) is 0 Å². The summed E-state index contributed by atoms with van der Waals surface area (Å²) in [5.74, 6) is -0.711. The van der Waals surface area contributed by atoms with Gasteiger partial charge in [0, 0.05) is 11.8 Å². The van der Waals surface area contributed by atoms with Gasteiger partial charge in [0.15, 0.2) is 35.6 Å². The Kier molecular flexibility index (Phi) is 10.4. The van der Waals surface area contributed by atoms with Gasteiger partial charge in [-0.15, -0.1) is 0 Å². The molecule has 5 aliphatic rings. The molecule has 286 valence electrons. The Bertz CT molecular complexity index is 1590. The second kappa shape index (κ2) is 14.7. The third-order valence-electron chi connectivity index (χ3n) is 10.4. The lowest BCUT2D eigenvalue weighted by atomic mass is 9.66. The molecule has 18 heteroatoms. The van der Waals surface area contributed by atoms with Crippen LogP contribution < -0.4 is 23.7 Å². The van der Waals surface area contributed by atoms with Crippen molar-refractivity contribution in [2.24, 2.45) is 11.8 Å². The van der Waals surface area contributed by atoms with E-state index in [-0.39, 0.29) is 13.4 Å². The summed E-state index contributed by atoms with van der Waals surface area (Å²) in [6.07, 6.45) is -17.1. The SMILES string of the molecule is COc1cc([C@@H]2c3cc4c(cc3[C@@H](O[C@@H]3O[C@H](CO[C@@H]5O[C@H](CO)[C@@H](O)[C@H](O)[C@H]5O)[C@@H](O)[C@H](O)[C@H]3O)[C@@H]3COC(=O)[C@H]23)OCO4)cc(OC)c1OC. The van der Waals surface area contributed by atoms with Crippen LogP contribution in [0.15, 0.2) is 24.3 Å². The van der Waals surface area contributed by atoms with Crippen LogP contribution in [0.1, 0.15) is 28.7 Å². The van der Waals surface area contributed by atoms with Gasteiger partial charge in [-0.2, -0.15) is 0 Å². The number of methoxy groups -OCH3 is 3. The number of carbonyl (C=O) groups is 1. The van der Waals surface area contributed by atoms with Gasteiger partial charge in [-0.1, -0.05) is 0 Å². The molecule has 52 heavy (non-hydrogen) atoms. The molecule has 18 nitrogen and oxygen atoms in total. The van der Waals surface area contributed by atoms with Gasteiger partial charge in [0.25, 0.3) is 0 Å². The molecule has 0 bridgehead atoms. The molecule has 0 unspecified atom stereocenters. The molecule has 3 fully saturated rings. The molecule has 4 aliphatic heterocycles. The van der Waals surface area contributed by atoms with Gasteiger partial charge in [-0.3, -0.25) is 4.79 Å². The van der Waals surface area contributed by atoms with Crippen molar-refractivity contribution in [1.82, 2.24) is 0 Å². The van der Waals surface area contributed by atoms with Crippen LogP contribution >= 0.6 is 0 Å². The maximum absolute atomic E-state index is 13.6. The smallest absolute Gasteiger partial charge is 0.310 e. The van der Waals surface area contributed by atoms with Gasteiger partial charge in [-0.05, 0) is 41.0 Å². The van der Waals surface area contributed by atoms with Crippen LogP contribution in [0.3, 0.4) is 0 Å². The Morgan fingerprint density at radius 1 is 0.712 bits per heavy atom. The third kappa shape index (κ3) is 6.20. The Balaban J connectivity index is 1.21. The van der Waals surface area contributed by atoms with Crippen molar-refractivity contribution in [1.29, 1.82) is 0 Å². The molecule has 0 saturated carbocycles. The summed E-state index contributed by atoms with van der Waals surface area (Å²) in [6.45, 7) is -1.35. The first-order valence-electron chi connectivity index (χ1n) is 16.7. The fourth-order valence-electron chi connectivity index (χ4n) is 7.67. The average molecular weight is 739 g/mol. The van der Waals surface area contributed by atoms with Gasteiger partial charge < -0.3 is 83.1 Å². The van der Waals surface area contributed by atoms with Crippen molar-refractivity contribution >= 4 is 5.97 Å². The number of rotatable bonds is 10.